The van der Waals surface area contributed by atoms with Crippen LogP contribution in [0.2, 0.25) is 0 Å². The van der Waals surface area contributed by atoms with E-state index in [1.807, 2.05) is 6.92 Å². The molecule has 1 aromatic carbocycles. The maximum absolute atomic E-state index is 12.3. The van der Waals surface area contributed by atoms with Gasteiger partial charge in [0.25, 0.3) is 0 Å². The Balaban J connectivity index is 2.87. The lowest BCUT2D eigenvalue weighted by Crippen LogP contribution is -2.21. The summed E-state index contributed by atoms with van der Waals surface area (Å²) in [5, 5.41) is 9.91. The number of aliphatic hydroxyl groups is 1. The first-order valence-electron chi connectivity index (χ1n) is 5.45. The van der Waals surface area contributed by atoms with Crippen LogP contribution in [0.25, 0.3) is 0 Å². The number of benzene rings is 1. The quantitative estimate of drug-likeness (QED) is 0.859. The normalized spacial score (nSPS) is 15.6. The second-order valence-electron chi connectivity index (χ2n) is 3.97. The predicted octanol–water partition coefficient (Wildman–Crippen LogP) is 2.72. The van der Waals surface area contributed by atoms with Crippen LogP contribution in [0.4, 0.5) is 13.2 Å². The van der Waals surface area contributed by atoms with Gasteiger partial charge in [0.2, 0.25) is 0 Å². The molecule has 3 N–H and O–H groups in total. The molecule has 2 nitrogen and oxygen atoms in total. The van der Waals surface area contributed by atoms with Crippen molar-refractivity contribution < 1.29 is 18.3 Å². The van der Waals surface area contributed by atoms with Gasteiger partial charge < -0.3 is 10.8 Å². The second kappa shape index (κ2) is 5.51. The Bertz CT molecular complexity index is 344. The zero-order valence-electron chi connectivity index (χ0n) is 9.54. The molecule has 0 spiro atoms. The minimum Gasteiger partial charge on any atom is -0.388 e. The van der Waals surface area contributed by atoms with Gasteiger partial charge in [-0.25, -0.2) is 0 Å². The number of aliphatic hydroxyl groups excluding tert-OH is 1. The highest BCUT2D eigenvalue weighted by Gasteiger charge is 2.30. The molecule has 96 valence electrons. The summed E-state index contributed by atoms with van der Waals surface area (Å²) in [6.45, 7) is 2.18. The average Bonchev–Trinajstić information content (AvgIpc) is 2.29. The number of hydrogen-bond donors (Lipinski definition) is 2. The topological polar surface area (TPSA) is 46.2 Å². The van der Waals surface area contributed by atoms with Crippen molar-refractivity contribution in [3.05, 3.63) is 35.4 Å². The molecule has 0 saturated carbocycles. The molecule has 2 atom stereocenters. The minimum absolute atomic E-state index is 0.133. The van der Waals surface area contributed by atoms with Crippen molar-refractivity contribution in [2.45, 2.75) is 25.6 Å². The van der Waals surface area contributed by atoms with Crippen LogP contribution >= 0.6 is 0 Å². The Morgan fingerprint density at radius 1 is 1.24 bits per heavy atom. The summed E-state index contributed by atoms with van der Waals surface area (Å²) >= 11 is 0. The molecule has 0 aliphatic carbocycles. The number of alkyl halides is 3. The molecule has 0 aliphatic heterocycles. The summed E-state index contributed by atoms with van der Waals surface area (Å²) in [7, 11) is 0. The lowest BCUT2D eigenvalue weighted by Gasteiger charge is -2.20. The van der Waals surface area contributed by atoms with Crippen molar-refractivity contribution >= 4 is 0 Å². The first-order chi connectivity index (χ1) is 7.90. The molecular formula is C12H16F3NO. The highest BCUT2D eigenvalue weighted by atomic mass is 19.4. The van der Waals surface area contributed by atoms with Crippen LogP contribution < -0.4 is 5.73 Å². The van der Waals surface area contributed by atoms with Gasteiger partial charge >= 0.3 is 6.18 Å². The molecule has 0 heterocycles. The van der Waals surface area contributed by atoms with Gasteiger partial charge in [-0.15, -0.1) is 0 Å². The summed E-state index contributed by atoms with van der Waals surface area (Å²) in [5.74, 6) is -0.133. The third-order valence-electron chi connectivity index (χ3n) is 2.85. The molecule has 0 aromatic heterocycles. The maximum Gasteiger partial charge on any atom is 0.416 e. The molecule has 0 aliphatic rings. The summed E-state index contributed by atoms with van der Waals surface area (Å²) in [4.78, 5) is 0. The largest absolute Gasteiger partial charge is 0.416 e. The van der Waals surface area contributed by atoms with Gasteiger partial charge in [0.1, 0.15) is 0 Å². The van der Waals surface area contributed by atoms with E-state index in [9.17, 15) is 18.3 Å². The van der Waals surface area contributed by atoms with E-state index in [4.69, 9.17) is 5.73 Å². The standard InChI is InChI=1S/C12H16F3NO/c1-2-8(7-16)11(17)9-3-5-10(6-4-9)12(13,14)15/h3-6,8,11,17H,2,7,16H2,1H3. The lowest BCUT2D eigenvalue weighted by molar-refractivity contribution is -0.137. The highest BCUT2D eigenvalue weighted by Crippen LogP contribution is 2.31. The Labute approximate surface area is 98.3 Å². The zero-order valence-corrected chi connectivity index (χ0v) is 9.54. The first-order valence-corrected chi connectivity index (χ1v) is 5.45. The van der Waals surface area contributed by atoms with Gasteiger partial charge in [-0.3, -0.25) is 0 Å². The number of hydrogen-bond acceptors (Lipinski definition) is 2. The fourth-order valence-electron chi connectivity index (χ4n) is 1.66. The molecule has 5 heteroatoms. The number of halogens is 3. The summed E-state index contributed by atoms with van der Waals surface area (Å²) in [6, 6.07) is 4.54. The highest BCUT2D eigenvalue weighted by molar-refractivity contribution is 5.26. The van der Waals surface area contributed by atoms with Crippen LogP contribution in [-0.2, 0) is 6.18 Å². The Morgan fingerprint density at radius 3 is 2.12 bits per heavy atom. The monoisotopic (exact) mass is 247 g/mol. The van der Waals surface area contributed by atoms with Crippen LogP contribution in [0.3, 0.4) is 0 Å². The Hall–Kier alpha value is -1.07. The first kappa shape index (κ1) is 14.0. The maximum atomic E-state index is 12.3. The molecule has 1 rings (SSSR count). The van der Waals surface area contributed by atoms with E-state index in [1.54, 1.807) is 0 Å². The van der Waals surface area contributed by atoms with Crippen LogP contribution in [0.5, 0.6) is 0 Å². The fourth-order valence-corrected chi connectivity index (χ4v) is 1.66. The van der Waals surface area contributed by atoms with E-state index in [0.29, 0.717) is 18.5 Å². The van der Waals surface area contributed by atoms with Gasteiger partial charge in [0, 0.05) is 5.92 Å². The Kier molecular flexibility index (Phi) is 4.54. The fraction of sp³-hybridized carbons (Fsp3) is 0.500. The zero-order chi connectivity index (χ0) is 13.1. The van der Waals surface area contributed by atoms with Crippen molar-refractivity contribution in [3.63, 3.8) is 0 Å². The van der Waals surface area contributed by atoms with E-state index in [0.717, 1.165) is 12.1 Å². The number of nitrogens with two attached hydrogens (primary N) is 1. The molecule has 0 fully saturated rings. The molecule has 17 heavy (non-hydrogen) atoms. The second-order valence-corrected chi connectivity index (χ2v) is 3.97. The molecule has 1 aromatic rings. The summed E-state index contributed by atoms with van der Waals surface area (Å²) < 4.78 is 37.0. The molecule has 2 unspecified atom stereocenters. The van der Waals surface area contributed by atoms with E-state index in [2.05, 4.69) is 0 Å². The lowest BCUT2D eigenvalue weighted by atomic mass is 9.93. The molecular weight excluding hydrogens is 231 g/mol. The van der Waals surface area contributed by atoms with E-state index in [-0.39, 0.29) is 5.92 Å². The SMILES string of the molecule is CCC(CN)C(O)c1ccc(C(F)(F)F)cc1. The van der Waals surface area contributed by atoms with Crippen molar-refractivity contribution in [3.8, 4) is 0 Å². The van der Waals surface area contributed by atoms with Crippen molar-refractivity contribution in [1.29, 1.82) is 0 Å². The third kappa shape index (κ3) is 3.44. The van der Waals surface area contributed by atoms with Gasteiger partial charge in [-0.2, -0.15) is 13.2 Å². The smallest absolute Gasteiger partial charge is 0.388 e. The molecule has 0 amide bonds. The minimum atomic E-state index is -4.35. The molecule has 0 saturated heterocycles. The Morgan fingerprint density at radius 2 is 1.76 bits per heavy atom. The number of rotatable bonds is 4. The van der Waals surface area contributed by atoms with Crippen LogP contribution in [-0.4, -0.2) is 11.7 Å². The third-order valence-corrected chi connectivity index (χ3v) is 2.85. The van der Waals surface area contributed by atoms with Gasteiger partial charge in [-0.05, 0) is 30.7 Å². The summed E-state index contributed by atoms with van der Waals surface area (Å²) in [6.07, 6.45) is -4.48. The van der Waals surface area contributed by atoms with Crippen LogP contribution in [0, 0.1) is 5.92 Å². The van der Waals surface area contributed by atoms with E-state index >= 15 is 0 Å². The van der Waals surface area contributed by atoms with Crippen molar-refractivity contribution in [2.75, 3.05) is 6.54 Å². The van der Waals surface area contributed by atoms with Crippen molar-refractivity contribution in [2.24, 2.45) is 11.7 Å². The molecule has 0 radical (unpaired) electrons. The van der Waals surface area contributed by atoms with Gasteiger partial charge in [-0.1, -0.05) is 19.1 Å². The van der Waals surface area contributed by atoms with E-state index in [1.165, 1.54) is 12.1 Å². The van der Waals surface area contributed by atoms with Crippen LogP contribution in [0.1, 0.15) is 30.6 Å². The van der Waals surface area contributed by atoms with Gasteiger partial charge in [0.05, 0.1) is 11.7 Å². The van der Waals surface area contributed by atoms with Crippen LogP contribution in [0.15, 0.2) is 24.3 Å². The average molecular weight is 247 g/mol. The van der Waals surface area contributed by atoms with E-state index < -0.39 is 17.8 Å². The molecule has 0 bridgehead atoms. The predicted molar refractivity (Wildman–Crippen MR) is 59.2 cm³/mol. The van der Waals surface area contributed by atoms with Gasteiger partial charge in [0.15, 0.2) is 0 Å². The summed E-state index contributed by atoms with van der Waals surface area (Å²) in [5.41, 5.74) is 5.23. The van der Waals surface area contributed by atoms with Crippen molar-refractivity contribution in [1.82, 2.24) is 0 Å².